The van der Waals surface area contributed by atoms with Crippen molar-refractivity contribution in [2.24, 2.45) is 0 Å². The van der Waals surface area contributed by atoms with Crippen LogP contribution < -0.4 is 9.46 Å². The number of nitrogens with zero attached hydrogens (tertiary/aromatic N) is 1. The van der Waals surface area contributed by atoms with E-state index in [1.807, 2.05) is 0 Å². The van der Waals surface area contributed by atoms with E-state index in [-0.39, 0.29) is 17.0 Å². The van der Waals surface area contributed by atoms with E-state index in [9.17, 15) is 22.9 Å². The highest BCUT2D eigenvalue weighted by molar-refractivity contribution is 7.92. The number of nitrogens with one attached hydrogen (secondary N) is 1. The Labute approximate surface area is 148 Å². The van der Waals surface area contributed by atoms with Crippen LogP contribution in [0.4, 0.5) is 15.8 Å². The maximum Gasteiger partial charge on any atom is 0.273 e. The van der Waals surface area contributed by atoms with Crippen LogP contribution in [0.25, 0.3) is 0 Å². The zero-order valence-electron chi connectivity index (χ0n) is 13.5. The topological polar surface area (TPSA) is 98.5 Å². The van der Waals surface area contributed by atoms with Crippen LogP contribution in [0.5, 0.6) is 5.75 Å². The van der Waals surface area contributed by atoms with E-state index >= 15 is 0 Å². The molecule has 10 heteroatoms. The van der Waals surface area contributed by atoms with Gasteiger partial charge >= 0.3 is 0 Å². The first-order chi connectivity index (χ1) is 11.6. The summed E-state index contributed by atoms with van der Waals surface area (Å²) >= 11 is 5.96. The molecule has 0 saturated heterocycles. The number of anilines is 1. The lowest BCUT2D eigenvalue weighted by Gasteiger charge is -2.14. The predicted molar refractivity (Wildman–Crippen MR) is 91.3 cm³/mol. The number of methoxy groups -OCH3 is 1. The van der Waals surface area contributed by atoms with Gasteiger partial charge in [-0.25, -0.2) is 12.8 Å². The van der Waals surface area contributed by atoms with Gasteiger partial charge in [0.25, 0.3) is 15.7 Å². The van der Waals surface area contributed by atoms with Crippen LogP contribution in [0.3, 0.4) is 0 Å². The molecule has 0 heterocycles. The molecular formula is C15H14ClFN2O5S. The van der Waals surface area contributed by atoms with Crippen molar-refractivity contribution in [3.05, 3.63) is 56.3 Å². The molecular weight excluding hydrogens is 375 g/mol. The third-order valence-corrected chi connectivity index (χ3v) is 5.25. The molecule has 25 heavy (non-hydrogen) atoms. The molecule has 0 atom stereocenters. The van der Waals surface area contributed by atoms with Gasteiger partial charge in [0.2, 0.25) is 0 Å². The van der Waals surface area contributed by atoms with E-state index in [1.54, 1.807) is 6.92 Å². The predicted octanol–water partition coefficient (Wildman–Crippen LogP) is 3.81. The Bertz CT molecular complexity index is 963. The van der Waals surface area contributed by atoms with Crippen molar-refractivity contribution in [1.82, 2.24) is 0 Å². The van der Waals surface area contributed by atoms with Crippen molar-refractivity contribution >= 4 is 33.0 Å². The van der Waals surface area contributed by atoms with E-state index in [2.05, 4.69) is 4.72 Å². The normalized spacial score (nSPS) is 11.2. The highest BCUT2D eigenvalue weighted by atomic mass is 35.5. The molecule has 1 N–H and O–H groups in total. The molecule has 0 bridgehead atoms. The standard InChI is InChI=1S/C15H14ClFN2O5S/c1-8-5-12(14(24-3)6-10(8)16)18-25(22,23)15-7-13(19(20)21)9(2)4-11(15)17/h4-7,18H,1-3H3. The van der Waals surface area contributed by atoms with Crippen molar-refractivity contribution in [2.45, 2.75) is 18.7 Å². The Balaban J connectivity index is 2.56. The summed E-state index contributed by atoms with van der Waals surface area (Å²) in [7, 11) is -3.12. The average Bonchev–Trinajstić information content (AvgIpc) is 2.49. The number of hydrogen-bond donors (Lipinski definition) is 1. The molecule has 0 saturated carbocycles. The summed E-state index contributed by atoms with van der Waals surface area (Å²) in [6, 6.07) is 4.31. The van der Waals surface area contributed by atoms with E-state index in [0.717, 1.165) is 6.07 Å². The summed E-state index contributed by atoms with van der Waals surface area (Å²) in [6.07, 6.45) is 0. The van der Waals surface area contributed by atoms with Gasteiger partial charge in [-0.2, -0.15) is 0 Å². The number of sulfonamides is 1. The molecule has 0 radical (unpaired) electrons. The zero-order chi connectivity index (χ0) is 18.9. The average molecular weight is 389 g/mol. The van der Waals surface area contributed by atoms with Gasteiger partial charge in [0, 0.05) is 22.7 Å². The molecule has 0 fully saturated rings. The molecule has 0 aliphatic rings. The summed E-state index contributed by atoms with van der Waals surface area (Å²) < 4.78 is 46.4. The minimum atomic E-state index is -4.43. The third kappa shape index (κ3) is 3.83. The smallest absolute Gasteiger partial charge is 0.273 e. The molecule has 7 nitrogen and oxygen atoms in total. The van der Waals surface area contributed by atoms with E-state index in [1.165, 1.54) is 26.2 Å². The lowest BCUT2D eigenvalue weighted by atomic mass is 10.2. The molecule has 0 spiro atoms. The number of aryl methyl sites for hydroxylation is 2. The Morgan fingerprint density at radius 3 is 2.40 bits per heavy atom. The quantitative estimate of drug-likeness (QED) is 0.620. The first-order valence-electron chi connectivity index (χ1n) is 6.88. The maximum absolute atomic E-state index is 14.1. The van der Waals surface area contributed by atoms with Gasteiger partial charge in [-0.05, 0) is 31.5 Å². The summed E-state index contributed by atoms with van der Waals surface area (Å²) in [5, 5.41) is 11.3. The summed E-state index contributed by atoms with van der Waals surface area (Å²) in [4.78, 5) is 9.38. The van der Waals surface area contributed by atoms with Crippen LogP contribution in [0.15, 0.2) is 29.2 Å². The van der Waals surface area contributed by atoms with Gasteiger partial charge in [0.15, 0.2) is 0 Å². The molecule has 0 amide bonds. The van der Waals surface area contributed by atoms with Gasteiger partial charge in [0.05, 0.1) is 17.7 Å². The molecule has 134 valence electrons. The van der Waals surface area contributed by atoms with Crippen LogP contribution in [-0.4, -0.2) is 20.5 Å². The maximum atomic E-state index is 14.1. The van der Waals surface area contributed by atoms with Crippen LogP contribution in [0, 0.1) is 29.8 Å². The number of benzene rings is 2. The van der Waals surface area contributed by atoms with Gasteiger partial charge in [-0.1, -0.05) is 11.6 Å². The molecule has 0 aliphatic heterocycles. The third-order valence-electron chi connectivity index (χ3n) is 3.46. The number of rotatable bonds is 5. The minimum Gasteiger partial charge on any atom is -0.495 e. The van der Waals surface area contributed by atoms with Crippen LogP contribution in [0.2, 0.25) is 5.02 Å². The first kappa shape index (κ1) is 18.9. The largest absolute Gasteiger partial charge is 0.495 e. The SMILES string of the molecule is COc1cc(Cl)c(C)cc1NS(=O)(=O)c1cc([N+](=O)[O-])c(C)cc1F. The second-order valence-electron chi connectivity index (χ2n) is 5.23. The number of nitro benzene ring substituents is 1. The number of hydrogen-bond acceptors (Lipinski definition) is 5. The van der Waals surface area contributed by atoms with Gasteiger partial charge in [-0.15, -0.1) is 0 Å². The van der Waals surface area contributed by atoms with Crippen molar-refractivity contribution in [3.63, 3.8) is 0 Å². The Morgan fingerprint density at radius 1 is 1.20 bits per heavy atom. The summed E-state index contributed by atoms with van der Waals surface area (Å²) in [5.74, 6) is -0.971. The number of halogens is 2. The molecule has 0 unspecified atom stereocenters. The highest BCUT2D eigenvalue weighted by Crippen LogP contribution is 2.33. The number of nitro groups is 1. The Kier molecular flexibility index (Phi) is 5.19. The molecule has 2 aromatic carbocycles. The van der Waals surface area contributed by atoms with E-state index < -0.39 is 31.3 Å². The van der Waals surface area contributed by atoms with E-state index in [4.69, 9.17) is 16.3 Å². The fraction of sp³-hybridized carbons (Fsp3) is 0.200. The van der Waals surface area contributed by atoms with Crippen molar-refractivity contribution in [2.75, 3.05) is 11.8 Å². The van der Waals surface area contributed by atoms with Crippen molar-refractivity contribution in [3.8, 4) is 5.75 Å². The molecule has 0 aromatic heterocycles. The fourth-order valence-electron chi connectivity index (χ4n) is 2.16. The monoisotopic (exact) mass is 388 g/mol. The van der Waals surface area contributed by atoms with E-state index in [0.29, 0.717) is 16.7 Å². The van der Waals surface area contributed by atoms with Crippen molar-refractivity contribution in [1.29, 1.82) is 0 Å². The van der Waals surface area contributed by atoms with Gasteiger partial charge in [0.1, 0.15) is 16.5 Å². The van der Waals surface area contributed by atoms with Crippen LogP contribution in [-0.2, 0) is 10.0 Å². The lowest BCUT2D eigenvalue weighted by Crippen LogP contribution is -2.16. The minimum absolute atomic E-state index is 0.0152. The second-order valence-corrected chi connectivity index (χ2v) is 7.29. The summed E-state index contributed by atoms with van der Waals surface area (Å²) in [5.41, 5.74) is 0.116. The van der Waals surface area contributed by atoms with Crippen molar-refractivity contribution < 1.29 is 22.5 Å². The zero-order valence-corrected chi connectivity index (χ0v) is 15.0. The Morgan fingerprint density at radius 2 is 1.84 bits per heavy atom. The van der Waals surface area contributed by atoms with Gasteiger partial charge < -0.3 is 4.74 Å². The number of ether oxygens (including phenoxy) is 1. The molecule has 2 aromatic rings. The van der Waals surface area contributed by atoms with Gasteiger partial charge in [-0.3, -0.25) is 14.8 Å². The fourth-order valence-corrected chi connectivity index (χ4v) is 3.45. The lowest BCUT2D eigenvalue weighted by molar-refractivity contribution is -0.385. The molecule has 2 rings (SSSR count). The van der Waals surface area contributed by atoms with Crippen LogP contribution in [0.1, 0.15) is 11.1 Å². The van der Waals surface area contributed by atoms with Crippen LogP contribution >= 0.6 is 11.6 Å². The second kappa shape index (κ2) is 6.85. The Hall–Kier alpha value is -2.39. The first-order valence-corrected chi connectivity index (χ1v) is 8.74. The summed E-state index contributed by atoms with van der Waals surface area (Å²) in [6.45, 7) is 2.97. The molecule has 0 aliphatic carbocycles. The highest BCUT2D eigenvalue weighted by Gasteiger charge is 2.26.